The van der Waals surface area contributed by atoms with E-state index >= 15 is 0 Å². The molecule has 0 unspecified atom stereocenters. The summed E-state index contributed by atoms with van der Waals surface area (Å²) in [6, 6.07) is 6.64. The maximum atomic E-state index is 4.75. The minimum absolute atomic E-state index is 0.560. The molecule has 0 N–H and O–H groups in total. The average molecular weight is 241 g/mol. The number of allylic oxidation sites excluding steroid dienone is 4. The van der Waals surface area contributed by atoms with Gasteiger partial charge in [0, 0.05) is 9.80 Å². The Hall–Kier alpha value is -1.28. The van der Waals surface area contributed by atoms with E-state index in [2.05, 4.69) is 50.3 Å². The number of benzene rings is 1. The molecular formula is C15H15NS. The molecule has 1 aromatic carbocycles. The van der Waals surface area contributed by atoms with Crippen molar-refractivity contribution in [3.05, 3.63) is 46.9 Å². The van der Waals surface area contributed by atoms with Crippen molar-refractivity contribution in [1.29, 1.82) is 0 Å². The van der Waals surface area contributed by atoms with Gasteiger partial charge < -0.3 is 0 Å². The SMILES string of the molecule is CC(C)c1ccc2c(c1)N=C1C=CCC=C1S2. The van der Waals surface area contributed by atoms with Gasteiger partial charge >= 0.3 is 0 Å². The molecule has 0 atom stereocenters. The number of aliphatic imine (C=N–C) groups is 1. The van der Waals surface area contributed by atoms with Crippen molar-refractivity contribution >= 4 is 23.2 Å². The highest BCUT2D eigenvalue weighted by atomic mass is 32.2. The van der Waals surface area contributed by atoms with Crippen LogP contribution in [0.2, 0.25) is 0 Å². The molecule has 0 saturated carbocycles. The van der Waals surface area contributed by atoms with E-state index in [9.17, 15) is 0 Å². The molecule has 0 saturated heterocycles. The van der Waals surface area contributed by atoms with Gasteiger partial charge in [-0.25, -0.2) is 4.99 Å². The minimum Gasteiger partial charge on any atom is -0.247 e. The Kier molecular flexibility index (Phi) is 2.67. The number of fused-ring (bicyclic) bond motifs is 2. The summed E-state index contributed by atoms with van der Waals surface area (Å²) in [7, 11) is 0. The first kappa shape index (κ1) is 10.8. The van der Waals surface area contributed by atoms with Crippen LogP contribution >= 0.6 is 11.8 Å². The first-order chi connectivity index (χ1) is 8.24. The molecule has 0 aromatic heterocycles. The van der Waals surface area contributed by atoms with Crippen LogP contribution in [0.4, 0.5) is 5.69 Å². The Labute approximate surface area is 106 Å². The highest BCUT2D eigenvalue weighted by Crippen LogP contribution is 2.42. The first-order valence-electron chi connectivity index (χ1n) is 6.01. The van der Waals surface area contributed by atoms with Crippen molar-refractivity contribution in [2.75, 3.05) is 0 Å². The number of rotatable bonds is 1. The van der Waals surface area contributed by atoms with E-state index in [1.807, 2.05) is 11.8 Å². The van der Waals surface area contributed by atoms with E-state index in [1.165, 1.54) is 15.4 Å². The van der Waals surface area contributed by atoms with Crippen molar-refractivity contribution < 1.29 is 0 Å². The first-order valence-corrected chi connectivity index (χ1v) is 6.83. The predicted molar refractivity (Wildman–Crippen MR) is 75.3 cm³/mol. The number of nitrogens with zero attached hydrogens (tertiary/aromatic N) is 1. The highest BCUT2D eigenvalue weighted by molar-refractivity contribution is 8.04. The van der Waals surface area contributed by atoms with Crippen molar-refractivity contribution in [2.24, 2.45) is 4.99 Å². The lowest BCUT2D eigenvalue weighted by Crippen LogP contribution is -2.03. The lowest BCUT2D eigenvalue weighted by atomic mass is 10.0. The summed E-state index contributed by atoms with van der Waals surface area (Å²) in [5, 5.41) is 0. The van der Waals surface area contributed by atoms with Crippen LogP contribution in [0.1, 0.15) is 31.7 Å². The summed E-state index contributed by atoms with van der Waals surface area (Å²) in [6.07, 6.45) is 7.58. The fraction of sp³-hybridized carbons (Fsp3) is 0.267. The van der Waals surface area contributed by atoms with Crippen molar-refractivity contribution in [3.8, 4) is 0 Å². The molecule has 2 aliphatic rings. The maximum Gasteiger partial charge on any atom is 0.0779 e. The molecule has 1 heterocycles. The quantitative estimate of drug-likeness (QED) is 0.686. The molecule has 0 spiro atoms. The minimum atomic E-state index is 0.560. The van der Waals surface area contributed by atoms with Crippen LogP contribution in [0.25, 0.3) is 0 Å². The van der Waals surface area contributed by atoms with Crippen molar-refractivity contribution in [1.82, 2.24) is 0 Å². The fourth-order valence-corrected chi connectivity index (χ4v) is 3.02. The smallest absolute Gasteiger partial charge is 0.0779 e. The Bertz CT molecular complexity index is 550. The van der Waals surface area contributed by atoms with Gasteiger partial charge in [0.25, 0.3) is 0 Å². The van der Waals surface area contributed by atoms with Gasteiger partial charge in [0.15, 0.2) is 0 Å². The zero-order valence-corrected chi connectivity index (χ0v) is 10.9. The summed E-state index contributed by atoms with van der Waals surface area (Å²) in [6.45, 7) is 4.44. The summed E-state index contributed by atoms with van der Waals surface area (Å²) in [5.41, 5.74) is 3.61. The second-order valence-electron chi connectivity index (χ2n) is 4.69. The summed E-state index contributed by atoms with van der Waals surface area (Å²) in [4.78, 5) is 7.33. The van der Waals surface area contributed by atoms with Gasteiger partial charge in [-0.05, 0) is 36.1 Å². The number of hydrogen-bond acceptors (Lipinski definition) is 2. The number of hydrogen-bond donors (Lipinski definition) is 0. The molecule has 1 aromatic rings. The van der Waals surface area contributed by atoms with Crippen LogP contribution in [0, 0.1) is 0 Å². The van der Waals surface area contributed by atoms with E-state index in [-0.39, 0.29) is 0 Å². The standard InChI is InChI=1S/C15H15NS/c1-10(2)11-7-8-15-13(9-11)16-12-5-3-4-6-14(12)17-15/h3,5-10H,4H2,1-2H3. The van der Waals surface area contributed by atoms with Crippen LogP contribution in [0.5, 0.6) is 0 Å². The van der Waals surface area contributed by atoms with Gasteiger partial charge in [0.05, 0.1) is 11.4 Å². The molecule has 86 valence electrons. The lowest BCUT2D eigenvalue weighted by Gasteiger charge is -2.19. The lowest BCUT2D eigenvalue weighted by molar-refractivity contribution is 0.865. The monoisotopic (exact) mass is 241 g/mol. The maximum absolute atomic E-state index is 4.75. The Morgan fingerprint density at radius 2 is 2.18 bits per heavy atom. The van der Waals surface area contributed by atoms with Crippen molar-refractivity contribution in [3.63, 3.8) is 0 Å². The third-order valence-corrected chi connectivity index (χ3v) is 4.24. The van der Waals surface area contributed by atoms with E-state index in [0.717, 1.165) is 17.8 Å². The fourth-order valence-electron chi connectivity index (χ4n) is 2.04. The molecule has 1 aliphatic carbocycles. The van der Waals surface area contributed by atoms with Gasteiger partial charge in [0.1, 0.15) is 0 Å². The molecule has 0 radical (unpaired) electrons. The molecule has 3 rings (SSSR count). The average Bonchev–Trinajstić information content (AvgIpc) is 2.35. The molecule has 0 fully saturated rings. The van der Waals surface area contributed by atoms with Crippen LogP contribution < -0.4 is 0 Å². The Morgan fingerprint density at radius 3 is 3.00 bits per heavy atom. The van der Waals surface area contributed by atoms with E-state index in [1.54, 1.807) is 0 Å². The van der Waals surface area contributed by atoms with Gasteiger partial charge in [-0.15, -0.1) is 0 Å². The molecule has 0 amide bonds. The normalized spacial score (nSPS) is 17.4. The Balaban J connectivity index is 2.08. The second kappa shape index (κ2) is 4.19. The summed E-state index contributed by atoms with van der Waals surface area (Å²) < 4.78 is 0. The van der Waals surface area contributed by atoms with E-state index in [0.29, 0.717) is 5.92 Å². The van der Waals surface area contributed by atoms with E-state index < -0.39 is 0 Å². The zero-order valence-electron chi connectivity index (χ0n) is 10.1. The largest absolute Gasteiger partial charge is 0.247 e. The molecular weight excluding hydrogens is 226 g/mol. The van der Waals surface area contributed by atoms with Gasteiger partial charge in [-0.1, -0.05) is 43.8 Å². The molecule has 0 bridgehead atoms. The topological polar surface area (TPSA) is 12.4 Å². The van der Waals surface area contributed by atoms with Crippen LogP contribution in [0.3, 0.4) is 0 Å². The predicted octanol–water partition coefficient (Wildman–Crippen LogP) is 4.83. The molecule has 17 heavy (non-hydrogen) atoms. The van der Waals surface area contributed by atoms with Crippen LogP contribution in [-0.2, 0) is 0 Å². The zero-order chi connectivity index (χ0) is 11.8. The Morgan fingerprint density at radius 1 is 1.29 bits per heavy atom. The van der Waals surface area contributed by atoms with Gasteiger partial charge in [0.2, 0.25) is 0 Å². The highest BCUT2D eigenvalue weighted by Gasteiger charge is 2.18. The summed E-state index contributed by atoms with van der Waals surface area (Å²) >= 11 is 1.84. The van der Waals surface area contributed by atoms with Gasteiger partial charge in [-0.3, -0.25) is 0 Å². The second-order valence-corrected chi connectivity index (χ2v) is 5.77. The number of thioether (sulfide) groups is 1. The third kappa shape index (κ3) is 1.98. The van der Waals surface area contributed by atoms with E-state index in [4.69, 9.17) is 4.99 Å². The summed E-state index contributed by atoms with van der Waals surface area (Å²) in [5.74, 6) is 0.560. The molecule has 1 aliphatic heterocycles. The van der Waals surface area contributed by atoms with Gasteiger partial charge in [-0.2, -0.15) is 0 Å². The third-order valence-electron chi connectivity index (χ3n) is 3.08. The van der Waals surface area contributed by atoms with Crippen LogP contribution in [-0.4, -0.2) is 5.71 Å². The molecule has 2 heteroatoms. The van der Waals surface area contributed by atoms with Crippen LogP contribution in [0.15, 0.2) is 51.2 Å². The van der Waals surface area contributed by atoms with Crippen molar-refractivity contribution in [2.45, 2.75) is 31.1 Å². The molecule has 1 nitrogen and oxygen atoms in total.